The number of amides is 1. The molecule has 1 heterocycles. The fourth-order valence-corrected chi connectivity index (χ4v) is 1.95. The second kappa shape index (κ2) is 6.30. The normalized spacial score (nSPS) is 25.9. The number of hydrogen-bond donors (Lipinski definition) is 0. The molecule has 0 spiro atoms. The first-order valence-corrected chi connectivity index (χ1v) is 5.74. The molecule has 0 bridgehead atoms. The van der Waals surface area contributed by atoms with Gasteiger partial charge in [0.25, 0.3) is 0 Å². The van der Waals surface area contributed by atoms with Crippen molar-refractivity contribution in [3.8, 4) is 0 Å². The number of alkyl halides is 1. The Bertz CT molecular complexity index is 213. The van der Waals surface area contributed by atoms with E-state index in [9.17, 15) is 4.79 Å². The van der Waals surface area contributed by atoms with Crippen LogP contribution < -0.4 is 0 Å². The van der Waals surface area contributed by atoms with E-state index in [1.165, 1.54) is 0 Å². The second-order valence-corrected chi connectivity index (χ2v) is 3.88. The highest BCUT2D eigenvalue weighted by Crippen LogP contribution is 2.17. The maximum atomic E-state index is 11.6. The highest BCUT2D eigenvalue weighted by Gasteiger charge is 2.35. The summed E-state index contributed by atoms with van der Waals surface area (Å²) in [5, 5.41) is 0. The predicted octanol–water partition coefficient (Wildman–Crippen LogP) is 0.878. The molecule has 1 saturated heterocycles. The summed E-state index contributed by atoms with van der Waals surface area (Å²) in [5.74, 6) is 0.445. The molecule has 5 heteroatoms. The molecular formula is C10H18ClNO3. The first kappa shape index (κ1) is 12.7. The Balaban J connectivity index is 2.48. The van der Waals surface area contributed by atoms with Crippen LogP contribution in [0.4, 0.5) is 0 Å². The zero-order valence-corrected chi connectivity index (χ0v) is 10.00. The van der Waals surface area contributed by atoms with Crippen molar-refractivity contribution in [1.29, 1.82) is 0 Å². The Hall–Kier alpha value is -0.320. The Kier molecular flexibility index (Phi) is 5.36. The van der Waals surface area contributed by atoms with Gasteiger partial charge in [-0.2, -0.15) is 0 Å². The average molecular weight is 236 g/mol. The van der Waals surface area contributed by atoms with Gasteiger partial charge in [-0.25, -0.2) is 0 Å². The number of likely N-dealkylation sites (tertiary alicyclic amines) is 1. The molecule has 1 rings (SSSR count). The summed E-state index contributed by atoms with van der Waals surface area (Å²) in [6, 6.07) is 0. The third-order valence-electron chi connectivity index (χ3n) is 2.56. The van der Waals surface area contributed by atoms with E-state index in [2.05, 4.69) is 0 Å². The molecular weight excluding hydrogens is 218 g/mol. The standard InChI is InChI=1S/C10H18ClNO3/c1-3-15-9-7-12(6-8(9)14-2)10(13)4-5-11/h8-9H,3-7H2,1-2H3/t8-,9-/m1/s1. The highest BCUT2D eigenvalue weighted by molar-refractivity contribution is 6.18. The molecule has 2 atom stereocenters. The number of methoxy groups -OCH3 is 1. The van der Waals surface area contributed by atoms with Crippen LogP contribution >= 0.6 is 11.6 Å². The summed E-state index contributed by atoms with van der Waals surface area (Å²) in [6.07, 6.45) is 0.375. The van der Waals surface area contributed by atoms with Gasteiger partial charge in [0.05, 0.1) is 0 Å². The van der Waals surface area contributed by atoms with Crippen molar-refractivity contribution < 1.29 is 14.3 Å². The van der Waals surface area contributed by atoms with Crippen LogP contribution in [0.5, 0.6) is 0 Å². The number of halogens is 1. The summed E-state index contributed by atoms with van der Waals surface area (Å²) >= 11 is 5.53. The molecule has 1 fully saturated rings. The number of nitrogens with zero attached hydrogens (tertiary/aromatic N) is 1. The van der Waals surface area contributed by atoms with Crippen LogP contribution in [0.15, 0.2) is 0 Å². The van der Waals surface area contributed by atoms with Gasteiger partial charge < -0.3 is 14.4 Å². The zero-order valence-electron chi connectivity index (χ0n) is 9.24. The summed E-state index contributed by atoms with van der Waals surface area (Å²) in [7, 11) is 1.65. The molecule has 0 aromatic carbocycles. The molecule has 0 aromatic rings. The van der Waals surface area contributed by atoms with Gasteiger partial charge >= 0.3 is 0 Å². The number of rotatable bonds is 5. The van der Waals surface area contributed by atoms with Gasteiger partial charge in [0, 0.05) is 39.1 Å². The van der Waals surface area contributed by atoms with Gasteiger partial charge in [0.1, 0.15) is 12.2 Å². The molecule has 1 aliphatic heterocycles. The first-order chi connectivity index (χ1) is 7.22. The van der Waals surface area contributed by atoms with Gasteiger partial charge in [-0.1, -0.05) is 0 Å². The van der Waals surface area contributed by atoms with Gasteiger partial charge in [-0.05, 0) is 6.92 Å². The lowest BCUT2D eigenvalue weighted by atomic mass is 10.2. The van der Waals surface area contributed by atoms with E-state index in [0.29, 0.717) is 32.0 Å². The Morgan fingerprint density at radius 1 is 1.47 bits per heavy atom. The molecule has 15 heavy (non-hydrogen) atoms. The molecule has 0 unspecified atom stereocenters. The number of carbonyl (C=O) groups excluding carboxylic acids is 1. The van der Waals surface area contributed by atoms with Gasteiger partial charge in [0.15, 0.2) is 0 Å². The minimum absolute atomic E-state index is 0.000671. The summed E-state index contributed by atoms with van der Waals surface area (Å²) in [4.78, 5) is 13.3. The number of carbonyl (C=O) groups is 1. The van der Waals surface area contributed by atoms with Crippen LogP contribution in [-0.4, -0.2) is 55.7 Å². The SMILES string of the molecule is CCO[C@@H]1CN(C(=O)CCCl)C[C@H]1OC. The third-order valence-corrected chi connectivity index (χ3v) is 2.75. The Morgan fingerprint density at radius 2 is 2.13 bits per heavy atom. The minimum atomic E-state index is -0.00998. The zero-order chi connectivity index (χ0) is 11.3. The lowest BCUT2D eigenvalue weighted by Gasteiger charge is -2.15. The topological polar surface area (TPSA) is 38.8 Å². The van der Waals surface area contributed by atoms with E-state index in [1.807, 2.05) is 6.92 Å². The molecule has 0 aliphatic carbocycles. The number of ether oxygens (including phenoxy) is 2. The molecule has 4 nitrogen and oxygen atoms in total. The lowest BCUT2D eigenvalue weighted by molar-refractivity contribution is -0.130. The fourth-order valence-electron chi connectivity index (χ4n) is 1.79. The van der Waals surface area contributed by atoms with Crippen molar-refractivity contribution in [2.24, 2.45) is 0 Å². The van der Waals surface area contributed by atoms with E-state index in [4.69, 9.17) is 21.1 Å². The first-order valence-electron chi connectivity index (χ1n) is 5.21. The van der Waals surface area contributed by atoms with E-state index in [0.717, 1.165) is 0 Å². The average Bonchev–Trinajstić information content (AvgIpc) is 2.62. The van der Waals surface area contributed by atoms with Crippen LogP contribution in [0.25, 0.3) is 0 Å². The van der Waals surface area contributed by atoms with Crippen LogP contribution in [0, 0.1) is 0 Å². The van der Waals surface area contributed by atoms with Crippen molar-refractivity contribution >= 4 is 17.5 Å². The van der Waals surface area contributed by atoms with E-state index in [-0.39, 0.29) is 18.1 Å². The highest BCUT2D eigenvalue weighted by atomic mass is 35.5. The van der Waals surface area contributed by atoms with E-state index in [1.54, 1.807) is 12.0 Å². The largest absolute Gasteiger partial charge is 0.377 e. The van der Waals surface area contributed by atoms with Crippen molar-refractivity contribution in [2.45, 2.75) is 25.6 Å². The van der Waals surface area contributed by atoms with Crippen molar-refractivity contribution in [3.05, 3.63) is 0 Å². The van der Waals surface area contributed by atoms with Crippen molar-refractivity contribution in [2.75, 3.05) is 32.7 Å². The molecule has 0 aromatic heterocycles. The summed E-state index contributed by atoms with van der Waals surface area (Å²) in [5.41, 5.74) is 0. The minimum Gasteiger partial charge on any atom is -0.377 e. The number of hydrogen-bond acceptors (Lipinski definition) is 3. The Labute approximate surface area is 95.5 Å². The lowest BCUT2D eigenvalue weighted by Crippen LogP contribution is -2.30. The summed E-state index contributed by atoms with van der Waals surface area (Å²) in [6.45, 7) is 3.80. The molecule has 1 amide bonds. The predicted molar refractivity (Wildman–Crippen MR) is 58.1 cm³/mol. The maximum absolute atomic E-state index is 11.6. The van der Waals surface area contributed by atoms with Gasteiger partial charge in [-0.3, -0.25) is 4.79 Å². The maximum Gasteiger partial charge on any atom is 0.223 e. The van der Waals surface area contributed by atoms with E-state index < -0.39 is 0 Å². The molecule has 88 valence electrons. The monoisotopic (exact) mass is 235 g/mol. The molecule has 0 N–H and O–H groups in total. The molecule has 1 aliphatic rings. The summed E-state index contributed by atoms with van der Waals surface area (Å²) < 4.78 is 10.8. The smallest absolute Gasteiger partial charge is 0.223 e. The third kappa shape index (κ3) is 3.33. The van der Waals surface area contributed by atoms with Crippen molar-refractivity contribution in [3.63, 3.8) is 0 Å². The van der Waals surface area contributed by atoms with Crippen molar-refractivity contribution in [1.82, 2.24) is 4.90 Å². The van der Waals surface area contributed by atoms with E-state index >= 15 is 0 Å². The Morgan fingerprint density at radius 3 is 2.67 bits per heavy atom. The van der Waals surface area contributed by atoms with Crippen LogP contribution in [0.3, 0.4) is 0 Å². The second-order valence-electron chi connectivity index (χ2n) is 3.51. The van der Waals surface area contributed by atoms with Gasteiger partial charge in [0.2, 0.25) is 5.91 Å². The quantitative estimate of drug-likeness (QED) is 0.664. The molecule has 0 saturated carbocycles. The van der Waals surface area contributed by atoms with Gasteiger partial charge in [-0.15, -0.1) is 11.6 Å². The van der Waals surface area contributed by atoms with Crippen LogP contribution in [0.1, 0.15) is 13.3 Å². The van der Waals surface area contributed by atoms with Crippen LogP contribution in [-0.2, 0) is 14.3 Å². The fraction of sp³-hybridized carbons (Fsp3) is 0.900. The molecule has 0 radical (unpaired) electrons. The van der Waals surface area contributed by atoms with Crippen LogP contribution in [0.2, 0.25) is 0 Å².